The van der Waals surface area contributed by atoms with Crippen molar-refractivity contribution in [2.45, 2.75) is 78.0 Å². The SMILES string of the molecule is CC(=O)OCC1OC(OCC[Si](C)(C)C)C(OC(C)=O)C(C)C1OC(C)=O. The summed E-state index contributed by atoms with van der Waals surface area (Å²) in [5.41, 5.74) is 0. The first kappa shape index (κ1) is 23.6. The van der Waals surface area contributed by atoms with Crippen LogP contribution >= 0.6 is 0 Å². The largest absolute Gasteiger partial charge is 0.463 e. The molecule has 1 heterocycles. The van der Waals surface area contributed by atoms with Gasteiger partial charge in [0.2, 0.25) is 0 Å². The maximum absolute atomic E-state index is 11.6. The van der Waals surface area contributed by atoms with E-state index in [9.17, 15) is 14.4 Å². The Morgan fingerprint density at radius 2 is 1.48 bits per heavy atom. The zero-order valence-electron chi connectivity index (χ0n) is 17.3. The fourth-order valence-corrected chi connectivity index (χ4v) is 3.51. The molecule has 9 heteroatoms. The van der Waals surface area contributed by atoms with Gasteiger partial charge in [-0.25, -0.2) is 0 Å². The van der Waals surface area contributed by atoms with Crippen LogP contribution in [0.1, 0.15) is 27.7 Å². The monoisotopic (exact) mass is 404 g/mol. The molecule has 0 saturated carbocycles. The molecule has 0 N–H and O–H groups in total. The number of hydrogen-bond donors (Lipinski definition) is 0. The van der Waals surface area contributed by atoms with Crippen molar-refractivity contribution in [2.75, 3.05) is 13.2 Å². The molecule has 1 fully saturated rings. The van der Waals surface area contributed by atoms with E-state index in [2.05, 4.69) is 19.6 Å². The molecule has 156 valence electrons. The molecule has 0 aromatic rings. The van der Waals surface area contributed by atoms with Crippen molar-refractivity contribution in [3.05, 3.63) is 0 Å². The molecule has 0 aliphatic carbocycles. The molecule has 0 aromatic carbocycles. The fraction of sp³-hybridized carbons (Fsp3) is 0.833. The zero-order chi connectivity index (χ0) is 20.8. The predicted molar refractivity (Wildman–Crippen MR) is 99.7 cm³/mol. The number of rotatable bonds is 8. The first-order chi connectivity index (χ1) is 12.4. The van der Waals surface area contributed by atoms with Crippen molar-refractivity contribution in [3.63, 3.8) is 0 Å². The van der Waals surface area contributed by atoms with Crippen molar-refractivity contribution in [3.8, 4) is 0 Å². The van der Waals surface area contributed by atoms with E-state index in [1.54, 1.807) is 6.92 Å². The van der Waals surface area contributed by atoms with Crippen LogP contribution in [0.5, 0.6) is 0 Å². The molecule has 0 aromatic heterocycles. The second-order valence-electron chi connectivity index (χ2n) is 8.03. The summed E-state index contributed by atoms with van der Waals surface area (Å²) < 4.78 is 27.6. The Morgan fingerprint density at radius 3 is 1.96 bits per heavy atom. The Balaban J connectivity index is 2.97. The Hall–Kier alpha value is -1.45. The molecule has 1 aliphatic heterocycles. The number of carbonyl (C=O) groups is 3. The van der Waals surface area contributed by atoms with Gasteiger partial charge in [0, 0.05) is 41.4 Å². The molecule has 5 atom stereocenters. The van der Waals surface area contributed by atoms with E-state index < -0.39 is 56.5 Å². The minimum Gasteiger partial charge on any atom is -0.463 e. The Morgan fingerprint density at radius 1 is 0.926 bits per heavy atom. The van der Waals surface area contributed by atoms with Gasteiger partial charge in [-0.3, -0.25) is 14.4 Å². The van der Waals surface area contributed by atoms with E-state index in [0.29, 0.717) is 6.61 Å². The van der Waals surface area contributed by atoms with Crippen LogP contribution in [0.4, 0.5) is 0 Å². The van der Waals surface area contributed by atoms with Crippen molar-refractivity contribution in [1.29, 1.82) is 0 Å². The average molecular weight is 405 g/mol. The average Bonchev–Trinajstić information content (AvgIpc) is 2.49. The third-order valence-electron chi connectivity index (χ3n) is 4.17. The lowest BCUT2D eigenvalue weighted by Crippen LogP contribution is -2.58. The number of esters is 3. The molecule has 1 aliphatic rings. The van der Waals surface area contributed by atoms with Crippen molar-refractivity contribution in [2.24, 2.45) is 5.92 Å². The smallest absolute Gasteiger partial charge is 0.303 e. The molecule has 0 radical (unpaired) electrons. The van der Waals surface area contributed by atoms with E-state index in [-0.39, 0.29) is 6.61 Å². The zero-order valence-corrected chi connectivity index (χ0v) is 18.3. The lowest BCUT2D eigenvalue weighted by molar-refractivity contribution is -0.292. The minimum absolute atomic E-state index is 0.0850. The molecular weight excluding hydrogens is 372 g/mol. The van der Waals surface area contributed by atoms with E-state index in [1.807, 2.05) is 0 Å². The molecule has 27 heavy (non-hydrogen) atoms. The summed E-state index contributed by atoms with van der Waals surface area (Å²) in [6.45, 7) is 12.7. The molecule has 1 rings (SSSR count). The number of hydrogen-bond acceptors (Lipinski definition) is 8. The molecular formula is C18H32O8Si. The highest BCUT2D eigenvalue weighted by atomic mass is 28.3. The highest BCUT2D eigenvalue weighted by molar-refractivity contribution is 6.76. The van der Waals surface area contributed by atoms with Crippen molar-refractivity contribution < 1.29 is 38.1 Å². The Bertz CT molecular complexity index is 528. The van der Waals surface area contributed by atoms with Gasteiger partial charge < -0.3 is 23.7 Å². The quantitative estimate of drug-likeness (QED) is 0.345. The van der Waals surface area contributed by atoms with Crippen molar-refractivity contribution >= 4 is 26.0 Å². The number of ether oxygens (including phenoxy) is 5. The normalized spacial score (nSPS) is 28.3. The third-order valence-corrected chi connectivity index (χ3v) is 5.87. The van der Waals surface area contributed by atoms with Gasteiger partial charge in [-0.05, 0) is 6.04 Å². The van der Waals surface area contributed by atoms with Gasteiger partial charge in [0.1, 0.15) is 18.8 Å². The Labute approximate surface area is 161 Å². The summed E-state index contributed by atoms with van der Waals surface area (Å²) in [7, 11) is -1.32. The summed E-state index contributed by atoms with van der Waals surface area (Å²) in [6.07, 6.45) is -3.01. The van der Waals surface area contributed by atoms with Gasteiger partial charge in [0.25, 0.3) is 0 Å². The van der Waals surface area contributed by atoms with Gasteiger partial charge in [-0.2, -0.15) is 0 Å². The summed E-state index contributed by atoms with van der Waals surface area (Å²) in [5, 5.41) is 0. The molecule has 5 unspecified atom stereocenters. The summed E-state index contributed by atoms with van der Waals surface area (Å²) >= 11 is 0. The van der Waals surface area contributed by atoms with Crippen LogP contribution in [0.3, 0.4) is 0 Å². The van der Waals surface area contributed by atoms with E-state index in [1.165, 1.54) is 20.8 Å². The molecule has 8 nitrogen and oxygen atoms in total. The van der Waals surface area contributed by atoms with Gasteiger partial charge in [0.05, 0.1) is 0 Å². The second kappa shape index (κ2) is 10.2. The van der Waals surface area contributed by atoms with Crippen LogP contribution < -0.4 is 0 Å². The van der Waals surface area contributed by atoms with Crippen LogP contribution in [0.2, 0.25) is 25.7 Å². The maximum Gasteiger partial charge on any atom is 0.303 e. The third kappa shape index (κ3) is 8.40. The highest BCUT2D eigenvalue weighted by Crippen LogP contribution is 2.32. The molecule has 0 bridgehead atoms. The van der Waals surface area contributed by atoms with E-state index >= 15 is 0 Å². The predicted octanol–water partition coefficient (Wildman–Crippen LogP) is 2.13. The maximum atomic E-state index is 11.6. The van der Waals surface area contributed by atoms with Crippen LogP contribution in [-0.4, -0.2) is 63.8 Å². The van der Waals surface area contributed by atoms with E-state index in [4.69, 9.17) is 23.7 Å². The van der Waals surface area contributed by atoms with E-state index in [0.717, 1.165) is 6.04 Å². The lowest BCUT2D eigenvalue weighted by atomic mass is 9.90. The van der Waals surface area contributed by atoms with Gasteiger partial charge in [-0.1, -0.05) is 26.6 Å². The first-order valence-electron chi connectivity index (χ1n) is 9.15. The van der Waals surface area contributed by atoms with Crippen LogP contribution in [-0.2, 0) is 38.1 Å². The summed E-state index contributed by atoms with van der Waals surface area (Å²) in [5.74, 6) is -1.84. The van der Waals surface area contributed by atoms with Crippen LogP contribution in [0.25, 0.3) is 0 Å². The molecule has 0 spiro atoms. The topological polar surface area (TPSA) is 97.4 Å². The van der Waals surface area contributed by atoms with Crippen LogP contribution in [0, 0.1) is 5.92 Å². The summed E-state index contributed by atoms with van der Waals surface area (Å²) in [4.78, 5) is 34.3. The standard InChI is InChI=1S/C18H32O8Si/c1-11-16(24-13(3)20)15(10-23-12(2)19)26-18(17(11)25-14(4)21)22-8-9-27(5,6)7/h11,15-18H,8-10H2,1-7H3. The van der Waals surface area contributed by atoms with Crippen molar-refractivity contribution in [1.82, 2.24) is 0 Å². The minimum atomic E-state index is -1.32. The summed E-state index contributed by atoms with van der Waals surface area (Å²) in [6, 6.07) is 0.913. The van der Waals surface area contributed by atoms with Gasteiger partial charge in [-0.15, -0.1) is 0 Å². The van der Waals surface area contributed by atoms with Gasteiger partial charge >= 0.3 is 17.9 Å². The highest BCUT2D eigenvalue weighted by Gasteiger charge is 2.48. The van der Waals surface area contributed by atoms with Crippen LogP contribution in [0.15, 0.2) is 0 Å². The molecule has 0 amide bonds. The number of carbonyl (C=O) groups excluding carboxylic acids is 3. The fourth-order valence-electron chi connectivity index (χ4n) is 2.78. The second-order valence-corrected chi connectivity index (χ2v) is 13.7. The lowest BCUT2D eigenvalue weighted by Gasteiger charge is -2.43. The first-order valence-corrected chi connectivity index (χ1v) is 12.9. The Kier molecular flexibility index (Phi) is 8.90. The molecule has 1 saturated heterocycles. The van der Waals surface area contributed by atoms with Gasteiger partial charge in [0.15, 0.2) is 12.4 Å².